The molecule has 1 atom stereocenters. The molecule has 1 heterocycles. The maximum absolute atomic E-state index is 13.7. The quantitative estimate of drug-likeness (QED) is 0.348. The molecule has 0 N–H and O–H groups in total. The molecule has 0 aliphatic heterocycles. The summed E-state index contributed by atoms with van der Waals surface area (Å²) in [6, 6.07) is 7.91. The number of pyridine rings is 1. The molecule has 0 bridgehead atoms. The van der Waals surface area contributed by atoms with Gasteiger partial charge in [0, 0.05) is 11.7 Å². The molecule has 27 heavy (non-hydrogen) atoms. The van der Waals surface area contributed by atoms with Crippen LogP contribution in [0.5, 0.6) is 5.75 Å². The van der Waals surface area contributed by atoms with Gasteiger partial charge < -0.3 is 4.74 Å². The number of thioether (sulfide) groups is 1. The zero-order chi connectivity index (χ0) is 20.0. The molecule has 0 saturated heterocycles. The topological polar surface area (TPSA) is 45.9 Å². The highest BCUT2D eigenvalue weighted by atomic mass is 32.2. The molecule has 0 unspecified atom stereocenters. The van der Waals surface area contributed by atoms with E-state index in [2.05, 4.69) is 4.98 Å². The summed E-state index contributed by atoms with van der Waals surface area (Å²) in [5, 5.41) is 7.64. The van der Waals surface area contributed by atoms with E-state index in [-0.39, 0.29) is 24.8 Å². The number of ether oxygens (including phenoxy) is 1. The van der Waals surface area contributed by atoms with Crippen LogP contribution < -0.4 is 4.74 Å². The Balaban J connectivity index is 2.06. The van der Waals surface area contributed by atoms with Crippen LogP contribution in [0.1, 0.15) is 18.4 Å². The predicted molar refractivity (Wildman–Crippen MR) is 85.6 cm³/mol. The Morgan fingerprint density at radius 3 is 2.15 bits per heavy atom. The Morgan fingerprint density at radius 2 is 1.63 bits per heavy atom. The van der Waals surface area contributed by atoms with Gasteiger partial charge >= 0.3 is 0 Å². The van der Waals surface area contributed by atoms with Gasteiger partial charge in [0.15, 0.2) is 11.6 Å². The summed E-state index contributed by atoms with van der Waals surface area (Å²) >= 11 is 0.267. The van der Waals surface area contributed by atoms with E-state index in [0.29, 0.717) is 11.3 Å². The molecule has 0 spiro atoms. The van der Waals surface area contributed by atoms with Gasteiger partial charge in [-0.05, 0) is 30.7 Å². The van der Waals surface area contributed by atoms with Crippen molar-refractivity contribution in [3.8, 4) is 11.8 Å². The third-order valence-electron chi connectivity index (χ3n) is 3.37. The van der Waals surface area contributed by atoms with E-state index in [9.17, 15) is 26.3 Å². The summed E-state index contributed by atoms with van der Waals surface area (Å²) in [5.41, 5.74) is 0.404. The normalized spacial score (nSPS) is 12.1. The lowest BCUT2D eigenvalue weighted by Gasteiger charge is -2.17. The maximum Gasteiger partial charge on any atom is 0.252 e. The smallest absolute Gasteiger partial charge is 0.252 e. The first-order valence-corrected chi connectivity index (χ1v) is 8.47. The fraction of sp³-hybridized carbons (Fsp3) is 0.294. The number of nitrogens with zero attached hydrogens (tertiary/aromatic N) is 2. The molecule has 0 aliphatic carbocycles. The first-order valence-electron chi connectivity index (χ1n) is 7.59. The Hall–Kier alpha value is -2.41. The standard InChI is InChI=1S/C17H12F6N2OS/c18-12(19)7-11(5-6-26-10-3-1-9(8-24)2-4-10)27-15-13(20)16(22)25-17(23)14(15)21/h1-4,11-12H,5-7H2/t11-/m1/s1. The highest BCUT2D eigenvalue weighted by Gasteiger charge is 2.26. The van der Waals surface area contributed by atoms with Crippen molar-refractivity contribution in [2.75, 3.05) is 6.61 Å². The monoisotopic (exact) mass is 406 g/mol. The van der Waals surface area contributed by atoms with Crippen LogP contribution in [0.2, 0.25) is 0 Å². The van der Waals surface area contributed by atoms with Gasteiger partial charge in [-0.2, -0.15) is 19.0 Å². The van der Waals surface area contributed by atoms with Crippen molar-refractivity contribution in [3.05, 3.63) is 53.4 Å². The first kappa shape index (κ1) is 20.9. The highest BCUT2D eigenvalue weighted by Crippen LogP contribution is 2.34. The Morgan fingerprint density at radius 1 is 1.04 bits per heavy atom. The number of benzene rings is 1. The molecule has 0 aliphatic rings. The lowest BCUT2D eigenvalue weighted by atomic mass is 10.2. The van der Waals surface area contributed by atoms with Crippen LogP contribution in [-0.2, 0) is 0 Å². The average molecular weight is 406 g/mol. The van der Waals surface area contributed by atoms with E-state index < -0.39 is 46.5 Å². The second-order valence-corrected chi connectivity index (χ2v) is 6.60. The third-order valence-corrected chi connectivity index (χ3v) is 4.73. The summed E-state index contributed by atoms with van der Waals surface area (Å²) in [6.45, 7) is -0.0877. The Kier molecular flexibility index (Phi) is 7.36. The number of hydrogen-bond acceptors (Lipinski definition) is 4. The zero-order valence-corrected chi connectivity index (χ0v) is 14.4. The van der Waals surface area contributed by atoms with E-state index in [4.69, 9.17) is 10.00 Å². The molecular formula is C17H12F6N2OS. The van der Waals surface area contributed by atoms with Gasteiger partial charge in [-0.15, -0.1) is 11.8 Å². The second-order valence-electron chi connectivity index (χ2n) is 5.29. The third kappa shape index (κ3) is 5.79. The zero-order valence-electron chi connectivity index (χ0n) is 13.6. The van der Waals surface area contributed by atoms with Crippen LogP contribution in [0, 0.1) is 34.9 Å². The van der Waals surface area contributed by atoms with E-state index in [0.717, 1.165) is 0 Å². The molecule has 0 fully saturated rings. The minimum Gasteiger partial charge on any atom is -0.494 e. The predicted octanol–water partition coefficient (Wildman–Crippen LogP) is 5.09. The number of rotatable bonds is 8. The lowest BCUT2D eigenvalue weighted by Crippen LogP contribution is -2.14. The molecule has 2 aromatic rings. The highest BCUT2D eigenvalue weighted by molar-refractivity contribution is 8.00. The van der Waals surface area contributed by atoms with E-state index in [1.165, 1.54) is 24.3 Å². The van der Waals surface area contributed by atoms with E-state index >= 15 is 0 Å². The number of hydrogen-bond donors (Lipinski definition) is 0. The van der Waals surface area contributed by atoms with Crippen molar-refractivity contribution in [2.24, 2.45) is 0 Å². The summed E-state index contributed by atoms with van der Waals surface area (Å²) in [4.78, 5) is 1.39. The summed E-state index contributed by atoms with van der Waals surface area (Å²) in [6.07, 6.45) is -3.62. The molecule has 0 radical (unpaired) electrons. The fourth-order valence-corrected chi connectivity index (χ4v) is 3.26. The van der Waals surface area contributed by atoms with Crippen LogP contribution in [0.25, 0.3) is 0 Å². The van der Waals surface area contributed by atoms with Gasteiger partial charge in [0.05, 0.1) is 23.1 Å². The van der Waals surface area contributed by atoms with Crippen LogP contribution >= 0.6 is 11.8 Å². The number of aromatic nitrogens is 1. The van der Waals surface area contributed by atoms with Gasteiger partial charge in [0.2, 0.25) is 6.43 Å². The van der Waals surface area contributed by atoms with Crippen LogP contribution in [0.4, 0.5) is 26.3 Å². The number of alkyl halides is 2. The van der Waals surface area contributed by atoms with Crippen molar-refractivity contribution in [1.82, 2.24) is 4.98 Å². The van der Waals surface area contributed by atoms with Gasteiger partial charge in [0.1, 0.15) is 5.75 Å². The van der Waals surface area contributed by atoms with Crippen molar-refractivity contribution >= 4 is 11.8 Å². The van der Waals surface area contributed by atoms with Crippen molar-refractivity contribution in [3.63, 3.8) is 0 Å². The van der Waals surface area contributed by atoms with Gasteiger partial charge in [-0.25, -0.2) is 17.6 Å². The SMILES string of the molecule is N#Cc1ccc(OCC[C@H](CC(F)F)Sc2c(F)c(F)nc(F)c2F)cc1. The minimum atomic E-state index is -2.79. The van der Waals surface area contributed by atoms with Gasteiger partial charge in [-0.1, -0.05) is 0 Å². The molecule has 0 saturated carbocycles. The van der Waals surface area contributed by atoms with Crippen molar-refractivity contribution in [2.45, 2.75) is 29.4 Å². The van der Waals surface area contributed by atoms with Gasteiger partial charge in [0.25, 0.3) is 11.9 Å². The molecule has 1 aromatic carbocycles. The van der Waals surface area contributed by atoms with Gasteiger partial charge in [-0.3, -0.25) is 0 Å². The van der Waals surface area contributed by atoms with E-state index in [1.54, 1.807) is 0 Å². The van der Waals surface area contributed by atoms with Crippen LogP contribution in [0.15, 0.2) is 29.2 Å². The molecule has 3 nitrogen and oxygen atoms in total. The maximum atomic E-state index is 13.7. The summed E-state index contributed by atoms with van der Waals surface area (Å²) < 4.78 is 84.6. The summed E-state index contributed by atoms with van der Waals surface area (Å²) in [7, 11) is 0. The molecule has 0 amide bonds. The first-order chi connectivity index (χ1) is 12.8. The van der Waals surface area contributed by atoms with Crippen molar-refractivity contribution < 1.29 is 31.1 Å². The molecule has 1 aromatic heterocycles. The Labute approximate surface area is 155 Å². The summed E-state index contributed by atoms with van der Waals surface area (Å²) in [5.74, 6) is -6.78. The largest absolute Gasteiger partial charge is 0.494 e. The number of nitriles is 1. The average Bonchev–Trinajstić information content (AvgIpc) is 2.63. The lowest BCUT2D eigenvalue weighted by molar-refractivity contribution is 0.134. The second kappa shape index (κ2) is 9.50. The minimum absolute atomic E-state index is 0.0700. The molecule has 2 rings (SSSR count). The van der Waals surface area contributed by atoms with E-state index in [1.807, 2.05) is 6.07 Å². The van der Waals surface area contributed by atoms with Crippen LogP contribution in [-0.4, -0.2) is 23.3 Å². The molecule has 144 valence electrons. The van der Waals surface area contributed by atoms with Crippen LogP contribution in [0.3, 0.4) is 0 Å². The Bertz CT molecular complexity index is 799. The van der Waals surface area contributed by atoms with Crippen molar-refractivity contribution in [1.29, 1.82) is 5.26 Å². The molecular weight excluding hydrogens is 394 g/mol. The number of halogens is 6. The molecule has 10 heteroatoms. The fourth-order valence-electron chi connectivity index (χ4n) is 2.10.